The van der Waals surface area contributed by atoms with Gasteiger partial charge in [0.2, 0.25) is 5.91 Å². The molecule has 1 saturated heterocycles. The second kappa shape index (κ2) is 4.64. The Morgan fingerprint density at radius 3 is 2.89 bits per heavy atom. The lowest BCUT2D eigenvalue weighted by atomic mass is 9.76. The Kier molecular flexibility index (Phi) is 3.09. The highest BCUT2D eigenvalue weighted by atomic mass is 16.5. The largest absolute Gasteiger partial charge is 0.380 e. The molecule has 2 aliphatic rings. The van der Waals surface area contributed by atoms with E-state index in [1.807, 2.05) is 11.9 Å². The molecule has 1 heterocycles. The summed E-state index contributed by atoms with van der Waals surface area (Å²) in [5.41, 5.74) is 3.75. The molecule has 0 unspecified atom stereocenters. The molecule has 1 amide bonds. The predicted molar refractivity (Wildman–Crippen MR) is 73.9 cm³/mol. The van der Waals surface area contributed by atoms with Crippen LogP contribution in [0, 0.1) is 5.41 Å². The Bertz CT molecular complexity index is 511. The number of likely N-dealkylation sites (tertiary alicyclic amines) is 1. The fraction of sp³-hybridized carbons (Fsp3) is 0.562. The first-order chi connectivity index (χ1) is 9.14. The van der Waals surface area contributed by atoms with Gasteiger partial charge in [-0.1, -0.05) is 18.2 Å². The van der Waals surface area contributed by atoms with E-state index in [1.165, 1.54) is 16.7 Å². The van der Waals surface area contributed by atoms with Crippen LogP contribution in [0.25, 0.3) is 0 Å². The van der Waals surface area contributed by atoms with E-state index >= 15 is 0 Å². The van der Waals surface area contributed by atoms with Crippen LogP contribution in [0.3, 0.4) is 0 Å². The smallest absolute Gasteiger partial charge is 0.229 e. The van der Waals surface area contributed by atoms with Crippen LogP contribution in [0.15, 0.2) is 18.2 Å². The van der Waals surface area contributed by atoms with Crippen molar-refractivity contribution in [3.05, 3.63) is 34.9 Å². The number of carbonyl (C=O) groups excluding carboxylic acids is 1. The van der Waals surface area contributed by atoms with Crippen LogP contribution >= 0.6 is 0 Å². The Morgan fingerprint density at radius 1 is 1.32 bits per heavy atom. The molecule has 1 atom stereocenters. The number of piperidine rings is 1. The van der Waals surface area contributed by atoms with Crippen LogP contribution in [0.1, 0.15) is 29.5 Å². The number of hydrogen-bond acceptors (Lipinski definition) is 2. The number of benzene rings is 1. The third-order valence-corrected chi connectivity index (χ3v) is 4.59. The average molecular weight is 259 g/mol. The summed E-state index contributed by atoms with van der Waals surface area (Å²) >= 11 is 0. The molecule has 0 bridgehead atoms. The molecule has 0 N–H and O–H groups in total. The Labute approximate surface area is 114 Å². The van der Waals surface area contributed by atoms with Gasteiger partial charge in [0.05, 0.1) is 12.0 Å². The Morgan fingerprint density at radius 2 is 2.11 bits per heavy atom. The highest BCUT2D eigenvalue weighted by molar-refractivity contribution is 5.85. The van der Waals surface area contributed by atoms with Gasteiger partial charge in [0.15, 0.2) is 0 Å². The minimum Gasteiger partial charge on any atom is -0.380 e. The van der Waals surface area contributed by atoms with Gasteiger partial charge in [0, 0.05) is 20.7 Å². The number of amides is 1. The molecule has 1 aromatic rings. The van der Waals surface area contributed by atoms with E-state index < -0.39 is 0 Å². The summed E-state index contributed by atoms with van der Waals surface area (Å²) in [6.45, 7) is 1.56. The predicted octanol–water partition coefficient (Wildman–Crippen LogP) is 2.17. The maximum Gasteiger partial charge on any atom is 0.229 e. The van der Waals surface area contributed by atoms with Crippen molar-refractivity contribution in [1.29, 1.82) is 0 Å². The third kappa shape index (κ3) is 2.06. The van der Waals surface area contributed by atoms with Gasteiger partial charge in [0.25, 0.3) is 0 Å². The van der Waals surface area contributed by atoms with Gasteiger partial charge < -0.3 is 9.64 Å². The Hall–Kier alpha value is -1.35. The molecule has 3 rings (SSSR count). The van der Waals surface area contributed by atoms with E-state index in [4.69, 9.17) is 4.74 Å². The summed E-state index contributed by atoms with van der Waals surface area (Å²) in [7, 11) is 3.65. The monoisotopic (exact) mass is 259 g/mol. The first-order valence-electron chi connectivity index (χ1n) is 7.00. The van der Waals surface area contributed by atoms with Crippen molar-refractivity contribution in [2.24, 2.45) is 5.41 Å². The van der Waals surface area contributed by atoms with E-state index in [9.17, 15) is 4.79 Å². The number of methoxy groups -OCH3 is 1. The quantitative estimate of drug-likeness (QED) is 0.814. The molecule has 0 aromatic heterocycles. The number of fused-ring (bicyclic) bond motifs is 1. The van der Waals surface area contributed by atoms with E-state index in [-0.39, 0.29) is 5.41 Å². The Balaban J connectivity index is 1.88. The van der Waals surface area contributed by atoms with Crippen LogP contribution in [0.4, 0.5) is 0 Å². The zero-order valence-electron chi connectivity index (χ0n) is 11.7. The highest BCUT2D eigenvalue weighted by Crippen LogP contribution is 2.44. The molecule has 1 aromatic carbocycles. The van der Waals surface area contributed by atoms with Crippen molar-refractivity contribution in [3.8, 4) is 0 Å². The van der Waals surface area contributed by atoms with E-state index in [0.717, 1.165) is 32.2 Å². The second-order valence-corrected chi connectivity index (χ2v) is 6.00. The summed E-state index contributed by atoms with van der Waals surface area (Å²) in [5, 5.41) is 0. The lowest BCUT2D eigenvalue weighted by Gasteiger charge is -2.37. The SMILES string of the molecule is COCc1ccc2c(c1)C[C@]1(CCCN(C)C1=O)C2. The van der Waals surface area contributed by atoms with Crippen molar-refractivity contribution in [3.63, 3.8) is 0 Å². The molecule has 1 spiro atoms. The van der Waals surface area contributed by atoms with E-state index in [1.54, 1.807) is 7.11 Å². The van der Waals surface area contributed by atoms with Crippen molar-refractivity contribution >= 4 is 5.91 Å². The first kappa shape index (κ1) is 12.7. The molecule has 0 radical (unpaired) electrons. The normalized spacial score (nSPS) is 26.0. The standard InChI is InChI=1S/C16H21NO2/c1-17-7-3-6-16(15(17)18)9-13-5-4-12(11-19-2)8-14(13)10-16/h4-5,8H,3,6-7,9-11H2,1-2H3/t16-/m0/s1. The molecule has 19 heavy (non-hydrogen) atoms. The summed E-state index contributed by atoms with van der Waals surface area (Å²) in [6, 6.07) is 6.52. The molecule has 3 nitrogen and oxygen atoms in total. The number of rotatable bonds is 2. The average Bonchev–Trinajstić information content (AvgIpc) is 2.75. The van der Waals surface area contributed by atoms with Crippen molar-refractivity contribution in [1.82, 2.24) is 4.90 Å². The molecule has 1 aliphatic carbocycles. The molecule has 1 fully saturated rings. The molecule has 3 heteroatoms. The molecule has 102 valence electrons. The molecule has 0 saturated carbocycles. The van der Waals surface area contributed by atoms with Crippen LogP contribution in [0.5, 0.6) is 0 Å². The lowest BCUT2D eigenvalue weighted by molar-refractivity contribution is -0.144. The minimum absolute atomic E-state index is 0.152. The minimum atomic E-state index is -0.152. The summed E-state index contributed by atoms with van der Waals surface area (Å²) in [4.78, 5) is 14.4. The van der Waals surface area contributed by atoms with Gasteiger partial charge >= 0.3 is 0 Å². The van der Waals surface area contributed by atoms with Gasteiger partial charge in [-0.3, -0.25) is 4.79 Å². The zero-order valence-corrected chi connectivity index (χ0v) is 11.7. The number of hydrogen-bond donors (Lipinski definition) is 0. The van der Waals surface area contributed by atoms with Crippen LogP contribution in [0.2, 0.25) is 0 Å². The number of carbonyl (C=O) groups is 1. The van der Waals surface area contributed by atoms with Gasteiger partial charge in [-0.15, -0.1) is 0 Å². The van der Waals surface area contributed by atoms with Gasteiger partial charge in [-0.05, 0) is 42.4 Å². The molecular weight excluding hydrogens is 238 g/mol. The van der Waals surface area contributed by atoms with E-state index in [0.29, 0.717) is 12.5 Å². The van der Waals surface area contributed by atoms with Gasteiger partial charge in [-0.25, -0.2) is 0 Å². The van der Waals surface area contributed by atoms with Crippen LogP contribution in [-0.2, 0) is 29.0 Å². The van der Waals surface area contributed by atoms with Crippen LogP contribution in [-0.4, -0.2) is 31.5 Å². The topological polar surface area (TPSA) is 29.5 Å². The zero-order chi connectivity index (χ0) is 13.5. The second-order valence-electron chi connectivity index (χ2n) is 6.00. The van der Waals surface area contributed by atoms with Crippen molar-refractivity contribution < 1.29 is 9.53 Å². The summed E-state index contributed by atoms with van der Waals surface area (Å²) in [6.07, 6.45) is 3.98. The maximum atomic E-state index is 12.5. The fourth-order valence-electron chi connectivity index (χ4n) is 3.66. The lowest BCUT2D eigenvalue weighted by Crippen LogP contribution is -2.47. The van der Waals surface area contributed by atoms with Crippen molar-refractivity contribution in [2.45, 2.75) is 32.3 Å². The fourth-order valence-corrected chi connectivity index (χ4v) is 3.66. The molecule has 1 aliphatic heterocycles. The van der Waals surface area contributed by atoms with Gasteiger partial charge in [0.1, 0.15) is 0 Å². The number of nitrogens with zero attached hydrogens (tertiary/aromatic N) is 1. The number of ether oxygens (including phenoxy) is 1. The third-order valence-electron chi connectivity index (χ3n) is 4.59. The van der Waals surface area contributed by atoms with Gasteiger partial charge in [-0.2, -0.15) is 0 Å². The molecular formula is C16H21NO2. The summed E-state index contributed by atoms with van der Waals surface area (Å²) in [5.74, 6) is 0.336. The van der Waals surface area contributed by atoms with E-state index in [2.05, 4.69) is 18.2 Å². The van der Waals surface area contributed by atoms with Crippen LogP contribution < -0.4 is 0 Å². The first-order valence-corrected chi connectivity index (χ1v) is 7.00. The highest BCUT2D eigenvalue weighted by Gasteiger charge is 2.46. The summed E-state index contributed by atoms with van der Waals surface area (Å²) < 4.78 is 5.19. The van der Waals surface area contributed by atoms with Crippen molar-refractivity contribution in [2.75, 3.05) is 20.7 Å². The maximum absolute atomic E-state index is 12.5.